The molecule has 6 nitrogen and oxygen atoms in total. The summed E-state index contributed by atoms with van der Waals surface area (Å²) in [6.07, 6.45) is 5.78. The van der Waals surface area contributed by atoms with E-state index >= 15 is 0 Å². The summed E-state index contributed by atoms with van der Waals surface area (Å²) < 4.78 is 5.09. The number of carbonyl (C=O) groups excluding carboxylic acids is 2. The third-order valence-corrected chi connectivity index (χ3v) is 4.80. The van der Waals surface area contributed by atoms with Crippen LogP contribution in [-0.2, 0) is 4.79 Å². The van der Waals surface area contributed by atoms with Gasteiger partial charge in [-0.2, -0.15) is 0 Å². The fourth-order valence-electron chi connectivity index (χ4n) is 3.62. The van der Waals surface area contributed by atoms with Crippen LogP contribution in [-0.4, -0.2) is 36.0 Å². The van der Waals surface area contributed by atoms with Crippen LogP contribution in [0.25, 0.3) is 0 Å². The fourth-order valence-corrected chi connectivity index (χ4v) is 3.62. The third-order valence-electron chi connectivity index (χ3n) is 4.80. The molecule has 3 unspecified atom stereocenters. The summed E-state index contributed by atoms with van der Waals surface area (Å²) in [7, 11) is 0. The Morgan fingerprint density at radius 2 is 1.96 bits per heavy atom. The zero-order valence-electron chi connectivity index (χ0n) is 13.7. The molecule has 3 rings (SSSR count). The van der Waals surface area contributed by atoms with Crippen molar-refractivity contribution in [1.29, 1.82) is 0 Å². The lowest BCUT2D eigenvalue weighted by atomic mass is 9.97. The highest BCUT2D eigenvalue weighted by molar-refractivity contribution is 5.95. The van der Waals surface area contributed by atoms with Gasteiger partial charge in [-0.15, -0.1) is 0 Å². The standard InChI is InChI=1S/C17H25N3O3/c1-10(2)15(20-16(21)14-4-3-7-23-14)17(22)19-13-8-11-5-6-12(9-13)18-11/h3-4,7,10-13,15,18H,5-6,8-9H2,1-2H3,(H,19,22)(H,20,21). The van der Waals surface area contributed by atoms with Crippen LogP contribution >= 0.6 is 0 Å². The topological polar surface area (TPSA) is 83.4 Å². The van der Waals surface area contributed by atoms with Gasteiger partial charge in [-0.3, -0.25) is 9.59 Å². The molecule has 126 valence electrons. The highest BCUT2D eigenvalue weighted by Crippen LogP contribution is 2.26. The Hall–Kier alpha value is -1.82. The summed E-state index contributed by atoms with van der Waals surface area (Å²) in [5.41, 5.74) is 0. The first-order valence-corrected chi connectivity index (χ1v) is 8.43. The number of hydrogen-bond donors (Lipinski definition) is 3. The van der Waals surface area contributed by atoms with Crippen LogP contribution in [0.15, 0.2) is 22.8 Å². The van der Waals surface area contributed by atoms with Crippen molar-refractivity contribution >= 4 is 11.8 Å². The van der Waals surface area contributed by atoms with Crippen molar-refractivity contribution in [2.45, 2.75) is 63.7 Å². The Kier molecular flexibility index (Phi) is 4.71. The highest BCUT2D eigenvalue weighted by atomic mass is 16.3. The van der Waals surface area contributed by atoms with Gasteiger partial charge in [-0.05, 0) is 43.7 Å². The predicted octanol–water partition coefficient (Wildman–Crippen LogP) is 1.43. The van der Waals surface area contributed by atoms with E-state index in [-0.39, 0.29) is 29.5 Å². The number of furan rings is 1. The molecule has 0 aliphatic carbocycles. The monoisotopic (exact) mass is 319 g/mol. The van der Waals surface area contributed by atoms with Crippen LogP contribution in [0.2, 0.25) is 0 Å². The molecule has 1 aromatic heterocycles. The van der Waals surface area contributed by atoms with Crippen molar-refractivity contribution in [3.63, 3.8) is 0 Å². The smallest absolute Gasteiger partial charge is 0.287 e. The zero-order valence-corrected chi connectivity index (χ0v) is 13.7. The summed E-state index contributed by atoms with van der Waals surface area (Å²) in [6.45, 7) is 3.86. The molecule has 23 heavy (non-hydrogen) atoms. The van der Waals surface area contributed by atoms with Gasteiger partial charge in [-0.1, -0.05) is 13.8 Å². The Morgan fingerprint density at radius 1 is 1.26 bits per heavy atom. The minimum absolute atomic E-state index is 0.00681. The van der Waals surface area contributed by atoms with E-state index in [0.29, 0.717) is 12.1 Å². The molecule has 2 aliphatic rings. The molecule has 0 radical (unpaired) electrons. The van der Waals surface area contributed by atoms with Gasteiger partial charge < -0.3 is 20.4 Å². The van der Waals surface area contributed by atoms with Crippen molar-refractivity contribution < 1.29 is 14.0 Å². The predicted molar refractivity (Wildman–Crippen MR) is 85.9 cm³/mol. The van der Waals surface area contributed by atoms with Gasteiger partial charge in [0.05, 0.1) is 6.26 Å². The van der Waals surface area contributed by atoms with Crippen molar-refractivity contribution in [3.05, 3.63) is 24.2 Å². The van der Waals surface area contributed by atoms with Crippen molar-refractivity contribution in [2.75, 3.05) is 0 Å². The Balaban J connectivity index is 1.59. The summed E-state index contributed by atoms with van der Waals surface area (Å²) >= 11 is 0. The van der Waals surface area contributed by atoms with E-state index in [9.17, 15) is 9.59 Å². The third kappa shape index (κ3) is 3.75. The van der Waals surface area contributed by atoms with Crippen LogP contribution in [0.4, 0.5) is 0 Å². The van der Waals surface area contributed by atoms with E-state index < -0.39 is 6.04 Å². The van der Waals surface area contributed by atoms with Crippen LogP contribution in [0.1, 0.15) is 50.1 Å². The van der Waals surface area contributed by atoms with E-state index in [1.54, 1.807) is 12.1 Å². The summed E-state index contributed by atoms with van der Waals surface area (Å²) in [5.74, 6) is -0.226. The second-order valence-corrected chi connectivity index (χ2v) is 6.99. The number of amides is 2. The van der Waals surface area contributed by atoms with Crippen molar-refractivity contribution in [3.8, 4) is 0 Å². The Morgan fingerprint density at radius 3 is 2.52 bits per heavy atom. The molecule has 2 aliphatic heterocycles. The van der Waals surface area contributed by atoms with E-state index in [1.165, 1.54) is 19.1 Å². The number of hydrogen-bond acceptors (Lipinski definition) is 4. The molecule has 2 fully saturated rings. The number of nitrogens with one attached hydrogen (secondary N) is 3. The maximum atomic E-state index is 12.6. The first-order chi connectivity index (χ1) is 11.0. The second kappa shape index (κ2) is 6.74. The van der Waals surface area contributed by atoms with E-state index in [0.717, 1.165) is 12.8 Å². The molecule has 3 atom stereocenters. The molecular formula is C17H25N3O3. The van der Waals surface area contributed by atoms with Crippen molar-refractivity contribution in [1.82, 2.24) is 16.0 Å². The molecule has 2 amide bonds. The summed E-state index contributed by atoms with van der Waals surface area (Å²) in [4.78, 5) is 24.8. The summed E-state index contributed by atoms with van der Waals surface area (Å²) in [6, 6.07) is 3.94. The fraction of sp³-hybridized carbons (Fsp3) is 0.647. The summed E-state index contributed by atoms with van der Waals surface area (Å²) in [5, 5.41) is 9.48. The number of fused-ring (bicyclic) bond motifs is 2. The lowest BCUT2D eigenvalue weighted by Gasteiger charge is -2.31. The molecule has 2 bridgehead atoms. The first kappa shape index (κ1) is 16.1. The molecule has 1 aromatic rings. The van der Waals surface area contributed by atoms with E-state index in [1.807, 2.05) is 13.8 Å². The van der Waals surface area contributed by atoms with Gasteiger partial charge in [0.25, 0.3) is 5.91 Å². The van der Waals surface area contributed by atoms with Gasteiger partial charge in [0.2, 0.25) is 5.91 Å². The zero-order chi connectivity index (χ0) is 16.4. The van der Waals surface area contributed by atoms with Crippen LogP contribution in [0.5, 0.6) is 0 Å². The first-order valence-electron chi connectivity index (χ1n) is 8.43. The molecule has 6 heteroatoms. The average molecular weight is 319 g/mol. The molecule has 3 N–H and O–H groups in total. The van der Waals surface area contributed by atoms with Crippen LogP contribution in [0.3, 0.4) is 0 Å². The Bertz CT molecular complexity index is 543. The number of rotatable bonds is 5. The molecule has 3 heterocycles. The molecular weight excluding hydrogens is 294 g/mol. The lowest BCUT2D eigenvalue weighted by molar-refractivity contribution is -0.124. The molecule has 2 saturated heterocycles. The normalized spacial score (nSPS) is 27.7. The number of carbonyl (C=O) groups is 2. The molecule has 0 spiro atoms. The largest absolute Gasteiger partial charge is 0.459 e. The van der Waals surface area contributed by atoms with Crippen LogP contribution in [0, 0.1) is 5.92 Å². The van der Waals surface area contributed by atoms with Gasteiger partial charge in [0, 0.05) is 18.1 Å². The van der Waals surface area contributed by atoms with Gasteiger partial charge >= 0.3 is 0 Å². The van der Waals surface area contributed by atoms with Crippen LogP contribution < -0.4 is 16.0 Å². The lowest BCUT2D eigenvalue weighted by Crippen LogP contribution is -2.55. The maximum Gasteiger partial charge on any atom is 0.287 e. The molecule has 0 saturated carbocycles. The van der Waals surface area contributed by atoms with Gasteiger partial charge in [0.1, 0.15) is 6.04 Å². The van der Waals surface area contributed by atoms with Gasteiger partial charge in [0.15, 0.2) is 5.76 Å². The Labute approximate surface area is 136 Å². The van der Waals surface area contributed by atoms with Gasteiger partial charge in [-0.25, -0.2) is 0 Å². The maximum absolute atomic E-state index is 12.6. The quantitative estimate of drug-likeness (QED) is 0.767. The second-order valence-electron chi connectivity index (χ2n) is 6.99. The van der Waals surface area contributed by atoms with Crippen molar-refractivity contribution in [2.24, 2.45) is 5.92 Å². The SMILES string of the molecule is CC(C)C(NC(=O)c1ccco1)C(=O)NC1CC2CCC(C1)N2. The average Bonchev–Trinajstić information content (AvgIpc) is 3.14. The number of piperidine rings is 1. The van der Waals surface area contributed by atoms with E-state index in [4.69, 9.17) is 4.42 Å². The van der Waals surface area contributed by atoms with E-state index in [2.05, 4.69) is 16.0 Å². The molecule has 0 aromatic carbocycles. The minimum Gasteiger partial charge on any atom is -0.459 e. The highest BCUT2D eigenvalue weighted by Gasteiger charge is 2.35. The minimum atomic E-state index is -0.555.